The maximum absolute atomic E-state index is 6.06. The standard InChI is InChI=1S/C13H17ClN4/c1-17(2)8-9-18(3)13-11-7-5-4-6-10(11)12(14)15-16-13/h4-7H,8-9H2,1-3H3. The van der Waals surface area contributed by atoms with Crippen LogP contribution in [-0.2, 0) is 0 Å². The van der Waals surface area contributed by atoms with Crippen molar-refractivity contribution in [1.29, 1.82) is 0 Å². The van der Waals surface area contributed by atoms with Crippen LogP contribution in [-0.4, -0.2) is 49.3 Å². The molecule has 18 heavy (non-hydrogen) atoms. The molecule has 0 saturated carbocycles. The quantitative estimate of drug-likeness (QED) is 0.848. The number of halogens is 1. The van der Waals surface area contributed by atoms with E-state index in [0.717, 1.165) is 29.7 Å². The van der Waals surface area contributed by atoms with Gasteiger partial charge in [0.25, 0.3) is 0 Å². The first-order chi connectivity index (χ1) is 8.59. The van der Waals surface area contributed by atoms with Gasteiger partial charge in [0.2, 0.25) is 0 Å². The van der Waals surface area contributed by atoms with Gasteiger partial charge in [0.05, 0.1) is 0 Å². The fourth-order valence-electron chi connectivity index (χ4n) is 1.79. The van der Waals surface area contributed by atoms with Crippen LogP contribution in [0.2, 0.25) is 5.15 Å². The predicted octanol–water partition coefficient (Wildman–Crippen LogP) is 2.28. The summed E-state index contributed by atoms with van der Waals surface area (Å²) in [5, 5.41) is 10.7. The summed E-state index contributed by atoms with van der Waals surface area (Å²) in [5.41, 5.74) is 0. The van der Waals surface area contributed by atoms with Crippen molar-refractivity contribution in [2.75, 3.05) is 39.1 Å². The summed E-state index contributed by atoms with van der Waals surface area (Å²) in [6.07, 6.45) is 0. The number of nitrogens with zero attached hydrogens (tertiary/aromatic N) is 4. The van der Waals surface area contributed by atoms with E-state index in [9.17, 15) is 0 Å². The topological polar surface area (TPSA) is 32.3 Å². The highest BCUT2D eigenvalue weighted by molar-refractivity contribution is 6.34. The zero-order valence-corrected chi connectivity index (χ0v) is 11.6. The third-order valence-electron chi connectivity index (χ3n) is 2.87. The summed E-state index contributed by atoms with van der Waals surface area (Å²) in [7, 11) is 6.13. The van der Waals surface area contributed by atoms with Crippen molar-refractivity contribution >= 4 is 28.2 Å². The largest absolute Gasteiger partial charge is 0.356 e. The molecule has 0 aliphatic rings. The molecule has 0 N–H and O–H groups in total. The number of hydrogen-bond acceptors (Lipinski definition) is 4. The first kappa shape index (κ1) is 13.1. The van der Waals surface area contributed by atoms with Crippen LogP contribution in [0.4, 0.5) is 5.82 Å². The molecule has 0 unspecified atom stereocenters. The van der Waals surface area contributed by atoms with Gasteiger partial charge in [-0.3, -0.25) is 0 Å². The molecule has 1 aromatic carbocycles. The number of fused-ring (bicyclic) bond motifs is 1. The van der Waals surface area contributed by atoms with Crippen molar-refractivity contribution in [3.63, 3.8) is 0 Å². The smallest absolute Gasteiger partial charge is 0.159 e. The molecule has 0 aliphatic heterocycles. The Morgan fingerprint density at radius 1 is 1.00 bits per heavy atom. The lowest BCUT2D eigenvalue weighted by atomic mass is 10.2. The average molecular weight is 265 g/mol. The van der Waals surface area contributed by atoms with Crippen molar-refractivity contribution in [3.8, 4) is 0 Å². The lowest BCUT2D eigenvalue weighted by Crippen LogP contribution is -2.29. The van der Waals surface area contributed by atoms with Crippen molar-refractivity contribution in [3.05, 3.63) is 29.4 Å². The number of hydrogen-bond donors (Lipinski definition) is 0. The maximum atomic E-state index is 6.06. The first-order valence-electron chi connectivity index (χ1n) is 5.86. The molecular weight excluding hydrogens is 248 g/mol. The van der Waals surface area contributed by atoms with E-state index in [4.69, 9.17) is 11.6 Å². The van der Waals surface area contributed by atoms with Gasteiger partial charge in [0, 0.05) is 30.9 Å². The number of rotatable bonds is 4. The Labute approximate surface area is 112 Å². The molecule has 0 radical (unpaired) electrons. The van der Waals surface area contributed by atoms with Crippen molar-refractivity contribution in [2.24, 2.45) is 0 Å². The molecule has 96 valence electrons. The van der Waals surface area contributed by atoms with Crippen LogP contribution in [0.15, 0.2) is 24.3 Å². The third kappa shape index (κ3) is 2.71. The van der Waals surface area contributed by atoms with E-state index in [1.807, 2.05) is 31.3 Å². The summed E-state index contributed by atoms with van der Waals surface area (Å²) >= 11 is 6.06. The highest BCUT2D eigenvalue weighted by Gasteiger charge is 2.11. The van der Waals surface area contributed by atoms with E-state index in [2.05, 4.69) is 34.1 Å². The second-order valence-electron chi connectivity index (χ2n) is 4.58. The molecule has 0 saturated heterocycles. The molecule has 0 bridgehead atoms. The minimum absolute atomic E-state index is 0.454. The lowest BCUT2D eigenvalue weighted by molar-refractivity contribution is 0.416. The second kappa shape index (κ2) is 5.50. The Hall–Kier alpha value is -1.39. The molecule has 1 aromatic heterocycles. The van der Waals surface area contributed by atoms with Gasteiger partial charge in [-0.15, -0.1) is 10.2 Å². The predicted molar refractivity (Wildman–Crippen MR) is 76.4 cm³/mol. The molecule has 0 amide bonds. The summed E-state index contributed by atoms with van der Waals surface area (Å²) in [5.74, 6) is 0.872. The SMILES string of the molecule is CN(C)CCN(C)c1nnc(Cl)c2ccccc12. The fourth-order valence-corrected chi connectivity index (χ4v) is 2.00. The van der Waals surface area contributed by atoms with Gasteiger partial charge >= 0.3 is 0 Å². The Bertz CT molecular complexity index is 542. The minimum atomic E-state index is 0.454. The van der Waals surface area contributed by atoms with Crippen LogP contribution in [0.3, 0.4) is 0 Å². The van der Waals surface area contributed by atoms with Gasteiger partial charge in [0.15, 0.2) is 11.0 Å². The summed E-state index contributed by atoms with van der Waals surface area (Å²) in [6, 6.07) is 7.94. The van der Waals surface area contributed by atoms with E-state index < -0.39 is 0 Å². The zero-order valence-electron chi connectivity index (χ0n) is 10.9. The van der Waals surface area contributed by atoms with Crippen LogP contribution < -0.4 is 4.90 Å². The van der Waals surface area contributed by atoms with E-state index in [-0.39, 0.29) is 0 Å². The Morgan fingerprint density at radius 2 is 1.67 bits per heavy atom. The van der Waals surface area contributed by atoms with Crippen molar-refractivity contribution in [1.82, 2.24) is 15.1 Å². The van der Waals surface area contributed by atoms with Gasteiger partial charge in [-0.2, -0.15) is 0 Å². The minimum Gasteiger partial charge on any atom is -0.356 e. The molecule has 5 heteroatoms. The lowest BCUT2D eigenvalue weighted by Gasteiger charge is -2.21. The highest BCUT2D eigenvalue weighted by Crippen LogP contribution is 2.27. The van der Waals surface area contributed by atoms with Gasteiger partial charge in [0.1, 0.15) is 0 Å². The van der Waals surface area contributed by atoms with Crippen molar-refractivity contribution in [2.45, 2.75) is 0 Å². The van der Waals surface area contributed by atoms with Crippen LogP contribution in [0.1, 0.15) is 0 Å². The molecule has 4 nitrogen and oxygen atoms in total. The van der Waals surface area contributed by atoms with Gasteiger partial charge in [-0.05, 0) is 14.1 Å². The van der Waals surface area contributed by atoms with E-state index >= 15 is 0 Å². The third-order valence-corrected chi connectivity index (χ3v) is 3.15. The summed E-state index contributed by atoms with van der Waals surface area (Å²) in [6.45, 7) is 1.86. The van der Waals surface area contributed by atoms with Crippen LogP contribution in [0.5, 0.6) is 0 Å². The van der Waals surface area contributed by atoms with Crippen LogP contribution >= 0.6 is 11.6 Å². The van der Waals surface area contributed by atoms with Gasteiger partial charge < -0.3 is 9.80 Å². The maximum Gasteiger partial charge on any atom is 0.159 e. The fraction of sp³-hybridized carbons (Fsp3) is 0.385. The van der Waals surface area contributed by atoms with E-state index in [0.29, 0.717) is 5.15 Å². The summed E-state index contributed by atoms with van der Waals surface area (Å²) in [4.78, 5) is 4.24. The monoisotopic (exact) mass is 264 g/mol. The first-order valence-corrected chi connectivity index (χ1v) is 6.24. The summed E-state index contributed by atoms with van der Waals surface area (Å²) < 4.78 is 0. The molecular formula is C13H17ClN4. The molecule has 1 heterocycles. The molecule has 2 aromatic rings. The average Bonchev–Trinajstić information content (AvgIpc) is 2.37. The zero-order chi connectivity index (χ0) is 13.1. The molecule has 2 rings (SSSR count). The molecule has 0 atom stereocenters. The normalized spacial score (nSPS) is 11.2. The Balaban J connectivity index is 2.36. The Kier molecular flexibility index (Phi) is 3.99. The number of aromatic nitrogens is 2. The molecule has 0 spiro atoms. The molecule has 0 aliphatic carbocycles. The second-order valence-corrected chi connectivity index (χ2v) is 4.94. The number of benzene rings is 1. The Morgan fingerprint density at radius 3 is 2.33 bits per heavy atom. The van der Waals surface area contributed by atoms with Gasteiger partial charge in [-0.1, -0.05) is 35.9 Å². The van der Waals surface area contributed by atoms with Crippen molar-refractivity contribution < 1.29 is 0 Å². The number of likely N-dealkylation sites (N-methyl/N-ethyl adjacent to an activating group) is 2. The van der Waals surface area contributed by atoms with Crippen LogP contribution in [0, 0.1) is 0 Å². The molecule has 0 fully saturated rings. The van der Waals surface area contributed by atoms with Crippen LogP contribution in [0.25, 0.3) is 10.8 Å². The van der Waals surface area contributed by atoms with E-state index in [1.165, 1.54) is 0 Å². The van der Waals surface area contributed by atoms with E-state index in [1.54, 1.807) is 0 Å². The highest BCUT2D eigenvalue weighted by atomic mass is 35.5. The van der Waals surface area contributed by atoms with Gasteiger partial charge in [-0.25, -0.2) is 0 Å². The number of anilines is 1.